The van der Waals surface area contributed by atoms with E-state index < -0.39 is 5.97 Å². The summed E-state index contributed by atoms with van der Waals surface area (Å²) in [6.45, 7) is 2.12. The number of ether oxygens (including phenoxy) is 3. The molecule has 0 aliphatic heterocycles. The minimum Gasteiger partial charge on any atom is -0.490 e. The summed E-state index contributed by atoms with van der Waals surface area (Å²) in [4.78, 5) is 24.0. The Balaban J connectivity index is 1.29. The molecule has 0 saturated heterocycles. The van der Waals surface area contributed by atoms with Gasteiger partial charge in [-0.25, -0.2) is 9.59 Å². The van der Waals surface area contributed by atoms with Crippen molar-refractivity contribution in [2.75, 3.05) is 19.8 Å². The molecule has 6 heteroatoms. The fraction of sp³-hybridized carbons (Fsp3) is 0.304. The van der Waals surface area contributed by atoms with Gasteiger partial charge in [0.2, 0.25) is 0 Å². The highest BCUT2D eigenvalue weighted by Gasteiger charge is 2.19. The molecule has 3 aromatic rings. The molecule has 0 radical (unpaired) electrons. The summed E-state index contributed by atoms with van der Waals surface area (Å²) >= 11 is 0. The van der Waals surface area contributed by atoms with Crippen molar-refractivity contribution in [1.29, 1.82) is 0 Å². The van der Waals surface area contributed by atoms with Crippen molar-refractivity contribution in [1.82, 2.24) is 0 Å². The zero-order valence-electron chi connectivity index (χ0n) is 16.2. The molecule has 2 aromatic carbocycles. The van der Waals surface area contributed by atoms with Crippen LogP contribution in [-0.2, 0) is 22.4 Å². The number of carbonyl (C=O) groups is 1. The maximum Gasteiger partial charge on any atom is 0.344 e. The first-order chi connectivity index (χ1) is 14.1. The van der Waals surface area contributed by atoms with Gasteiger partial charge in [0.05, 0.1) is 0 Å². The smallest absolute Gasteiger partial charge is 0.344 e. The van der Waals surface area contributed by atoms with E-state index >= 15 is 0 Å². The maximum absolute atomic E-state index is 12.1. The molecule has 1 heterocycles. The third kappa shape index (κ3) is 4.26. The van der Waals surface area contributed by atoms with Gasteiger partial charge in [-0.2, -0.15) is 0 Å². The lowest BCUT2D eigenvalue weighted by Crippen LogP contribution is -2.18. The van der Waals surface area contributed by atoms with Crippen molar-refractivity contribution in [2.45, 2.75) is 26.2 Å². The zero-order valence-corrected chi connectivity index (χ0v) is 16.2. The van der Waals surface area contributed by atoms with Crippen molar-refractivity contribution in [3.05, 3.63) is 69.6 Å². The molecule has 1 aliphatic carbocycles. The summed E-state index contributed by atoms with van der Waals surface area (Å²) in [5.41, 5.74) is 3.07. The SMILES string of the molecule is Cc1ccccc1OCCOC(=O)COc1ccc2c3c(c(=O)oc2c1)CCC3. The van der Waals surface area contributed by atoms with Crippen LogP contribution in [-0.4, -0.2) is 25.8 Å². The van der Waals surface area contributed by atoms with Crippen LogP contribution in [0.2, 0.25) is 0 Å². The second-order valence-electron chi connectivity index (χ2n) is 6.98. The molecular weight excluding hydrogens is 372 g/mol. The van der Waals surface area contributed by atoms with E-state index in [2.05, 4.69) is 0 Å². The van der Waals surface area contributed by atoms with Crippen LogP contribution in [0, 0.1) is 6.92 Å². The standard InChI is InChI=1S/C23H22O6/c1-15-5-2-3-8-20(15)26-11-12-27-22(24)14-28-16-9-10-18-17-6-4-7-19(17)23(25)29-21(18)13-16/h2-3,5,8-10,13H,4,6-7,11-12,14H2,1H3. The lowest BCUT2D eigenvalue weighted by atomic mass is 10.1. The van der Waals surface area contributed by atoms with Crippen LogP contribution in [0.5, 0.6) is 11.5 Å². The Morgan fingerprint density at radius 2 is 1.86 bits per heavy atom. The molecule has 29 heavy (non-hydrogen) atoms. The number of fused-ring (bicyclic) bond motifs is 3. The van der Waals surface area contributed by atoms with Gasteiger partial charge in [0, 0.05) is 17.0 Å². The highest BCUT2D eigenvalue weighted by Crippen LogP contribution is 2.29. The number of carbonyl (C=O) groups excluding carboxylic acids is 1. The first-order valence-corrected chi connectivity index (χ1v) is 9.67. The van der Waals surface area contributed by atoms with Crippen molar-refractivity contribution < 1.29 is 23.4 Å². The molecule has 6 nitrogen and oxygen atoms in total. The molecule has 1 aromatic heterocycles. The minimum atomic E-state index is -0.492. The minimum absolute atomic E-state index is 0.134. The Kier molecular flexibility index (Phi) is 5.51. The Hall–Kier alpha value is -3.28. The van der Waals surface area contributed by atoms with E-state index in [1.54, 1.807) is 12.1 Å². The molecule has 0 unspecified atom stereocenters. The Labute approximate surface area is 168 Å². The molecule has 0 amide bonds. The highest BCUT2D eigenvalue weighted by molar-refractivity contribution is 5.83. The van der Waals surface area contributed by atoms with E-state index in [0.717, 1.165) is 47.1 Å². The van der Waals surface area contributed by atoms with Gasteiger partial charge in [0.25, 0.3) is 0 Å². The number of rotatable bonds is 7. The van der Waals surface area contributed by atoms with Crippen LogP contribution in [0.3, 0.4) is 0 Å². The fourth-order valence-corrected chi connectivity index (χ4v) is 3.56. The number of hydrogen-bond donors (Lipinski definition) is 0. The number of aryl methyl sites for hydroxylation is 2. The van der Waals surface area contributed by atoms with Crippen LogP contribution in [0.25, 0.3) is 11.0 Å². The van der Waals surface area contributed by atoms with Crippen molar-refractivity contribution in [3.8, 4) is 11.5 Å². The molecule has 0 spiro atoms. The van der Waals surface area contributed by atoms with E-state index in [4.69, 9.17) is 18.6 Å². The predicted octanol–water partition coefficient (Wildman–Crippen LogP) is 3.59. The van der Waals surface area contributed by atoms with E-state index in [-0.39, 0.29) is 25.4 Å². The largest absolute Gasteiger partial charge is 0.490 e. The second kappa shape index (κ2) is 8.39. The molecule has 0 fully saturated rings. The average molecular weight is 394 g/mol. The molecule has 150 valence electrons. The van der Waals surface area contributed by atoms with Crippen LogP contribution < -0.4 is 15.1 Å². The molecule has 4 rings (SSSR count). The van der Waals surface area contributed by atoms with Gasteiger partial charge in [-0.1, -0.05) is 18.2 Å². The van der Waals surface area contributed by atoms with Gasteiger partial charge in [0.1, 0.15) is 30.3 Å². The van der Waals surface area contributed by atoms with Crippen LogP contribution in [0.4, 0.5) is 0 Å². The van der Waals surface area contributed by atoms with Crippen molar-refractivity contribution in [3.63, 3.8) is 0 Å². The van der Waals surface area contributed by atoms with E-state index in [1.165, 1.54) is 0 Å². The summed E-state index contributed by atoms with van der Waals surface area (Å²) in [5.74, 6) is 0.726. The van der Waals surface area contributed by atoms with Gasteiger partial charge in [-0.05, 0) is 55.5 Å². The fourth-order valence-electron chi connectivity index (χ4n) is 3.56. The summed E-state index contributed by atoms with van der Waals surface area (Å²) in [6.07, 6.45) is 2.62. The molecule has 0 atom stereocenters. The summed E-state index contributed by atoms with van der Waals surface area (Å²) in [6, 6.07) is 12.9. The van der Waals surface area contributed by atoms with Crippen LogP contribution in [0.1, 0.15) is 23.1 Å². The van der Waals surface area contributed by atoms with Gasteiger partial charge in [0.15, 0.2) is 6.61 Å². The van der Waals surface area contributed by atoms with Crippen LogP contribution in [0.15, 0.2) is 51.7 Å². The summed E-state index contributed by atoms with van der Waals surface area (Å²) < 4.78 is 21.6. The summed E-state index contributed by atoms with van der Waals surface area (Å²) in [5, 5.41) is 0.931. The molecular formula is C23H22O6. The topological polar surface area (TPSA) is 75.0 Å². The van der Waals surface area contributed by atoms with Gasteiger partial charge in [-0.3, -0.25) is 0 Å². The van der Waals surface area contributed by atoms with Crippen molar-refractivity contribution in [2.24, 2.45) is 0 Å². The molecule has 1 aliphatic rings. The number of hydrogen-bond acceptors (Lipinski definition) is 6. The third-order valence-corrected chi connectivity index (χ3v) is 5.00. The molecule has 0 N–H and O–H groups in total. The predicted molar refractivity (Wildman–Crippen MR) is 108 cm³/mol. The quantitative estimate of drug-likeness (QED) is 0.346. The van der Waals surface area contributed by atoms with E-state index in [0.29, 0.717) is 11.3 Å². The number of para-hydroxylation sites is 1. The Bertz CT molecular complexity index is 1100. The van der Waals surface area contributed by atoms with Gasteiger partial charge < -0.3 is 18.6 Å². The average Bonchev–Trinajstić information content (AvgIpc) is 3.21. The normalized spacial score (nSPS) is 12.6. The lowest BCUT2D eigenvalue weighted by molar-refractivity contribution is -0.146. The Morgan fingerprint density at radius 1 is 1.03 bits per heavy atom. The lowest BCUT2D eigenvalue weighted by Gasteiger charge is -2.10. The number of benzene rings is 2. The summed E-state index contributed by atoms with van der Waals surface area (Å²) in [7, 11) is 0. The Morgan fingerprint density at radius 3 is 2.72 bits per heavy atom. The highest BCUT2D eigenvalue weighted by atomic mass is 16.6. The third-order valence-electron chi connectivity index (χ3n) is 5.00. The monoisotopic (exact) mass is 394 g/mol. The first-order valence-electron chi connectivity index (χ1n) is 9.67. The second-order valence-corrected chi connectivity index (χ2v) is 6.98. The zero-order chi connectivity index (χ0) is 20.2. The van der Waals surface area contributed by atoms with Crippen molar-refractivity contribution >= 4 is 16.9 Å². The maximum atomic E-state index is 12.1. The van der Waals surface area contributed by atoms with Gasteiger partial charge in [-0.15, -0.1) is 0 Å². The molecule has 0 saturated carbocycles. The molecule has 0 bridgehead atoms. The van der Waals surface area contributed by atoms with E-state index in [9.17, 15) is 9.59 Å². The first kappa shape index (κ1) is 19.1. The van der Waals surface area contributed by atoms with E-state index in [1.807, 2.05) is 37.3 Å². The van der Waals surface area contributed by atoms with Gasteiger partial charge >= 0.3 is 11.6 Å². The number of esters is 1. The van der Waals surface area contributed by atoms with Crippen LogP contribution >= 0.6 is 0 Å².